The third-order valence-corrected chi connectivity index (χ3v) is 7.36. The lowest BCUT2D eigenvalue weighted by atomic mass is 9.95. The van der Waals surface area contributed by atoms with E-state index in [4.69, 9.17) is 9.47 Å². The quantitative estimate of drug-likeness (QED) is 0.517. The van der Waals surface area contributed by atoms with Crippen LogP contribution in [0, 0.1) is 29.9 Å². The van der Waals surface area contributed by atoms with Gasteiger partial charge in [0, 0.05) is 25.1 Å². The van der Waals surface area contributed by atoms with Gasteiger partial charge in [0.05, 0.1) is 28.7 Å². The van der Waals surface area contributed by atoms with Gasteiger partial charge in [0.1, 0.15) is 5.69 Å². The number of nitro benzene ring substituents is 1. The molecule has 9 nitrogen and oxygen atoms in total. The minimum atomic E-state index is -3.98. The molecule has 0 radical (unpaired) electrons. The Morgan fingerprint density at radius 3 is 2.38 bits per heavy atom. The van der Waals surface area contributed by atoms with Crippen molar-refractivity contribution in [1.29, 1.82) is 0 Å². The van der Waals surface area contributed by atoms with Gasteiger partial charge in [-0.1, -0.05) is 17.7 Å². The van der Waals surface area contributed by atoms with Crippen molar-refractivity contribution in [3.8, 4) is 0 Å². The lowest BCUT2D eigenvalue weighted by Gasteiger charge is -2.35. The first-order valence-corrected chi connectivity index (χ1v) is 12.1. The maximum Gasteiger partial charge on any atom is 0.293 e. The molecule has 0 saturated carbocycles. The molecule has 2 aromatic rings. The summed E-state index contributed by atoms with van der Waals surface area (Å²) < 4.78 is 39.6. The van der Waals surface area contributed by atoms with Crippen molar-refractivity contribution in [3.63, 3.8) is 0 Å². The molecule has 2 heterocycles. The predicted molar refractivity (Wildman–Crippen MR) is 120 cm³/mol. The molecule has 2 aliphatic heterocycles. The molecule has 0 unspecified atom stereocenters. The Hall–Kier alpha value is -2.69. The minimum Gasteiger partial charge on any atom is -0.366 e. The molecule has 0 amide bonds. The number of piperidine rings is 1. The van der Waals surface area contributed by atoms with Gasteiger partial charge in [0.25, 0.3) is 15.7 Å². The van der Waals surface area contributed by atoms with Crippen LogP contribution in [0.15, 0.2) is 41.3 Å². The van der Waals surface area contributed by atoms with Crippen LogP contribution in [0.3, 0.4) is 0 Å². The normalized spacial score (nSPS) is 18.1. The molecule has 2 aromatic carbocycles. The highest BCUT2D eigenvalue weighted by Gasteiger charge is 2.32. The van der Waals surface area contributed by atoms with E-state index in [-0.39, 0.29) is 22.8 Å². The first-order valence-electron chi connectivity index (χ1n) is 10.6. The van der Waals surface area contributed by atoms with Gasteiger partial charge in [-0.3, -0.25) is 14.8 Å². The van der Waals surface area contributed by atoms with Crippen molar-refractivity contribution in [1.82, 2.24) is 0 Å². The Morgan fingerprint density at radius 1 is 1.06 bits per heavy atom. The summed E-state index contributed by atoms with van der Waals surface area (Å²) in [6.07, 6.45) is 1.38. The summed E-state index contributed by atoms with van der Waals surface area (Å²) in [6.45, 7) is 6.15. The van der Waals surface area contributed by atoms with E-state index in [0.717, 1.165) is 30.0 Å². The molecule has 0 atom stereocenters. The zero-order valence-electron chi connectivity index (χ0n) is 18.1. The number of anilines is 2. The van der Waals surface area contributed by atoms with E-state index >= 15 is 0 Å². The summed E-state index contributed by atoms with van der Waals surface area (Å²) in [5, 5.41) is 11.8. The van der Waals surface area contributed by atoms with E-state index in [1.54, 1.807) is 6.07 Å². The SMILES string of the molecule is Cc1ccc(NS(=O)(=O)c2ccc(N3CCC(C4OCCO4)CC3)c([N+](=O)[O-])c2)c(C)c1. The van der Waals surface area contributed by atoms with Crippen LogP contribution in [-0.2, 0) is 19.5 Å². The number of hydrogen-bond acceptors (Lipinski definition) is 7. The zero-order valence-corrected chi connectivity index (χ0v) is 18.9. The molecule has 2 fully saturated rings. The van der Waals surface area contributed by atoms with E-state index in [9.17, 15) is 18.5 Å². The van der Waals surface area contributed by atoms with Crippen LogP contribution in [0.25, 0.3) is 0 Å². The second kappa shape index (κ2) is 9.05. The first kappa shape index (κ1) is 22.5. The van der Waals surface area contributed by atoms with Gasteiger partial charge in [0.2, 0.25) is 0 Å². The Bertz CT molecular complexity index is 1110. The van der Waals surface area contributed by atoms with E-state index in [0.29, 0.717) is 37.7 Å². The van der Waals surface area contributed by atoms with Crippen molar-refractivity contribution >= 4 is 27.1 Å². The highest BCUT2D eigenvalue weighted by Crippen LogP contribution is 2.35. The molecule has 2 aliphatic rings. The fraction of sp³-hybridized carbons (Fsp3) is 0.455. The highest BCUT2D eigenvalue weighted by atomic mass is 32.2. The maximum atomic E-state index is 12.9. The van der Waals surface area contributed by atoms with Crippen LogP contribution in [0.5, 0.6) is 0 Å². The van der Waals surface area contributed by atoms with Crippen molar-refractivity contribution in [3.05, 3.63) is 57.6 Å². The van der Waals surface area contributed by atoms with Crippen molar-refractivity contribution in [2.75, 3.05) is 35.9 Å². The van der Waals surface area contributed by atoms with Gasteiger partial charge in [-0.2, -0.15) is 0 Å². The number of sulfonamides is 1. The lowest BCUT2D eigenvalue weighted by molar-refractivity contribution is -0.384. The maximum absolute atomic E-state index is 12.9. The third-order valence-electron chi connectivity index (χ3n) is 5.99. The van der Waals surface area contributed by atoms with Crippen molar-refractivity contribution in [2.24, 2.45) is 5.92 Å². The zero-order chi connectivity index (χ0) is 22.9. The van der Waals surface area contributed by atoms with Crippen LogP contribution >= 0.6 is 0 Å². The number of aryl methyl sites for hydroxylation is 2. The van der Waals surface area contributed by atoms with Gasteiger partial charge < -0.3 is 14.4 Å². The second-order valence-electron chi connectivity index (χ2n) is 8.27. The average Bonchev–Trinajstić information content (AvgIpc) is 3.30. The molecule has 0 spiro atoms. The summed E-state index contributed by atoms with van der Waals surface area (Å²) in [6, 6.07) is 9.45. The summed E-state index contributed by atoms with van der Waals surface area (Å²) in [7, 11) is -3.98. The summed E-state index contributed by atoms with van der Waals surface area (Å²) in [5.41, 5.74) is 2.44. The largest absolute Gasteiger partial charge is 0.366 e. The summed E-state index contributed by atoms with van der Waals surface area (Å²) in [4.78, 5) is 13.0. The molecule has 1 N–H and O–H groups in total. The number of nitrogens with one attached hydrogen (secondary N) is 1. The molecular weight excluding hydrogens is 434 g/mol. The minimum absolute atomic E-state index is 0.143. The fourth-order valence-corrected chi connectivity index (χ4v) is 5.43. The first-order chi connectivity index (χ1) is 15.2. The van der Waals surface area contributed by atoms with Crippen LogP contribution in [0.1, 0.15) is 24.0 Å². The van der Waals surface area contributed by atoms with E-state index < -0.39 is 14.9 Å². The molecule has 2 saturated heterocycles. The molecular formula is C22H27N3O6S. The summed E-state index contributed by atoms with van der Waals surface area (Å²) in [5.74, 6) is 0.259. The standard InChI is InChI=1S/C22H27N3O6S/c1-15-3-5-19(16(2)13-15)23-32(28,29)18-4-6-20(21(14-18)25(26)27)24-9-7-17(8-10-24)22-30-11-12-31-22/h3-6,13-14,17,22-23H,7-12H2,1-2H3. The van der Waals surface area contributed by atoms with E-state index in [2.05, 4.69) is 4.72 Å². The number of nitro groups is 1. The average molecular weight is 462 g/mol. The molecule has 0 bridgehead atoms. The van der Waals surface area contributed by atoms with Gasteiger partial charge in [0.15, 0.2) is 6.29 Å². The van der Waals surface area contributed by atoms with Gasteiger partial charge in [-0.25, -0.2) is 8.42 Å². The Balaban J connectivity index is 1.54. The number of ether oxygens (including phenoxy) is 2. The van der Waals surface area contributed by atoms with Gasteiger partial charge in [-0.15, -0.1) is 0 Å². The number of rotatable bonds is 6. The number of benzene rings is 2. The lowest BCUT2D eigenvalue weighted by Crippen LogP contribution is -2.38. The number of hydrogen-bond donors (Lipinski definition) is 1. The summed E-state index contributed by atoms with van der Waals surface area (Å²) >= 11 is 0. The molecule has 32 heavy (non-hydrogen) atoms. The third kappa shape index (κ3) is 4.72. The molecule has 0 aliphatic carbocycles. The number of nitrogens with zero attached hydrogens (tertiary/aromatic N) is 2. The molecule has 4 rings (SSSR count). The Morgan fingerprint density at radius 2 is 1.75 bits per heavy atom. The Kier molecular flexibility index (Phi) is 6.36. The van der Waals surface area contributed by atoms with Crippen LogP contribution in [0.2, 0.25) is 0 Å². The monoisotopic (exact) mass is 461 g/mol. The van der Waals surface area contributed by atoms with Crippen LogP contribution in [-0.4, -0.2) is 45.9 Å². The molecule has 10 heteroatoms. The van der Waals surface area contributed by atoms with Crippen molar-refractivity contribution < 1.29 is 22.8 Å². The van der Waals surface area contributed by atoms with Crippen molar-refractivity contribution in [2.45, 2.75) is 37.9 Å². The van der Waals surface area contributed by atoms with Gasteiger partial charge in [-0.05, 0) is 50.5 Å². The van der Waals surface area contributed by atoms with Crippen LogP contribution < -0.4 is 9.62 Å². The topological polar surface area (TPSA) is 111 Å². The van der Waals surface area contributed by atoms with Crippen LogP contribution in [0.4, 0.5) is 17.1 Å². The highest BCUT2D eigenvalue weighted by molar-refractivity contribution is 7.92. The predicted octanol–water partition coefficient (Wildman–Crippen LogP) is 3.60. The van der Waals surface area contributed by atoms with E-state index in [1.165, 1.54) is 12.1 Å². The smallest absolute Gasteiger partial charge is 0.293 e. The second-order valence-corrected chi connectivity index (χ2v) is 9.95. The molecule has 0 aromatic heterocycles. The van der Waals surface area contributed by atoms with E-state index in [1.807, 2.05) is 30.9 Å². The fourth-order valence-electron chi connectivity index (χ4n) is 4.28. The van der Waals surface area contributed by atoms with Gasteiger partial charge >= 0.3 is 0 Å². The Labute approximate surface area is 187 Å². The molecule has 172 valence electrons.